The summed E-state index contributed by atoms with van der Waals surface area (Å²) in [6.45, 7) is 1.10. The molecule has 0 amide bonds. The lowest BCUT2D eigenvalue weighted by molar-refractivity contribution is 0.171. The van der Waals surface area contributed by atoms with Gasteiger partial charge in [0.2, 0.25) is 0 Å². The molecule has 3 heteroatoms. The smallest absolute Gasteiger partial charge is 0.0360 e. The van der Waals surface area contributed by atoms with E-state index in [1.807, 2.05) is 0 Å². The minimum atomic E-state index is 0.352. The van der Waals surface area contributed by atoms with E-state index in [9.17, 15) is 0 Å². The summed E-state index contributed by atoms with van der Waals surface area (Å²) < 4.78 is 1.15. The van der Waals surface area contributed by atoms with Crippen LogP contribution in [0.4, 0.5) is 0 Å². The first-order chi connectivity index (χ1) is 7.16. The van der Waals surface area contributed by atoms with Crippen LogP contribution in [0.3, 0.4) is 0 Å². The average molecular weight is 269 g/mol. The minimum absolute atomic E-state index is 0.352. The third-order valence-electron chi connectivity index (χ3n) is 3.14. The molecule has 2 unspecified atom stereocenters. The Morgan fingerprint density at radius 1 is 1.47 bits per heavy atom. The number of hydrogen-bond acceptors (Lipinski definition) is 2. The predicted octanol–water partition coefficient (Wildman–Crippen LogP) is 2.54. The van der Waals surface area contributed by atoms with Gasteiger partial charge in [0, 0.05) is 16.6 Å². The first-order valence-corrected chi connectivity index (χ1v) is 6.17. The molecule has 0 spiro atoms. The number of piperidine rings is 1. The molecule has 82 valence electrons. The molecule has 1 fully saturated rings. The number of likely N-dealkylation sites (tertiary alicyclic amines) is 1. The molecule has 0 bridgehead atoms. The van der Waals surface area contributed by atoms with Gasteiger partial charge in [-0.05, 0) is 44.1 Å². The van der Waals surface area contributed by atoms with Crippen molar-refractivity contribution in [3.8, 4) is 0 Å². The molecule has 2 atom stereocenters. The van der Waals surface area contributed by atoms with Crippen LogP contribution >= 0.6 is 15.9 Å². The molecular weight excluding hydrogens is 252 g/mol. The molecule has 0 aromatic heterocycles. The molecule has 1 aromatic rings. The van der Waals surface area contributed by atoms with Gasteiger partial charge in [-0.3, -0.25) is 4.90 Å². The molecule has 15 heavy (non-hydrogen) atoms. The zero-order valence-electron chi connectivity index (χ0n) is 8.99. The van der Waals surface area contributed by atoms with E-state index >= 15 is 0 Å². The summed E-state index contributed by atoms with van der Waals surface area (Å²) in [7, 11) is 2.18. The number of nitrogens with two attached hydrogens (primary N) is 1. The molecule has 1 aliphatic rings. The van der Waals surface area contributed by atoms with E-state index in [0.717, 1.165) is 23.9 Å². The van der Waals surface area contributed by atoms with Crippen LogP contribution in [0.15, 0.2) is 28.7 Å². The van der Waals surface area contributed by atoms with Crippen molar-refractivity contribution in [1.82, 2.24) is 4.90 Å². The Kier molecular flexibility index (Phi) is 3.44. The minimum Gasteiger partial charge on any atom is -0.328 e. The molecule has 2 nitrogen and oxygen atoms in total. The predicted molar refractivity (Wildman–Crippen MR) is 66.7 cm³/mol. The van der Waals surface area contributed by atoms with Gasteiger partial charge in [0.25, 0.3) is 0 Å². The Labute approximate surface area is 99.6 Å². The third-order valence-corrected chi connectivity index (χ3v) is 3.64. The van der Waals surface area contributed by atoms with Crippen LogP contribution in [-0.2, 0) is 0 Å². The Morgan fingerprint density at radius 2 is 2.27 bits per heavy atom. The number of benzene rings is 1. The molecule has 1 aromatic carbocycles. The highest BCUT2D eigenvalue weighted by atomic mass is 79.9. The normalized spacial score (nSPS) is 27.9. The second kappa shape index (κ2) is 4.64. The van der Waals surface area contributed by atoms with Crippen molar-refractivity contribution in [2.45, 2.75) is 24.9 Å². The molecule has 0 radical (unpaired) electrons. The van der Waals surface area contributed by atoms with Gasteiger partial charge in [-0.2, -0.15) is 0 Å². The highest BCUT2D eigenvalue weighted by Crippen LogP contribution is 2.30. The molecule has 2 rings (SSSR count). The molecule has 0 saturated carbocycles. The van der Waals surface area contributed by atoms with Crippen molar-refractivity contribution in [2.75, 3.05) is 13.6 Å². The largest absolute Gasteiger partial charge is 0.328 e. The van der Waals surface area contributed by atoms with Crippen LogP contribution < -0.4 is 5.73 Å². The number of halogens is 1. The monoisotopic (exact) mass is 268 g/mol. The zero-order valence-corrected chi connectivity index (χ0v) is 10.6. The van der Waals surface area contributed by atoms with Crippen molar-refractivity contribution < 1.29 is 0 Å². The van der Waals surface area contributed by atoms with Crippen LogP contribution in [-0.4, -0.2) is 24.5 Å². The quantitative estimate of drug-likeness (QED) is 0.849. The number of nitrogens with zero attached hydrogens (tertiary/aromatic N) is 1. The Bertz CT molecular complexity index is 340. The molecule has 1 saturated heterocycles. The average Bonchev–Trinajstić information content (AvgIpc) is 2.22. The van der Waals surface area contributed by atoms with E-state index < -0.39 is 0 Å². The van der Waals surface area contributed by atoms with Gasteiger partial charge in [0.05, 0.1) is 0 Å². The lowest BCUT2D eigenvalue weighted by atomic mass is 9.93. The number of rotatable bonds is 1. The fourth-order valence-electron chi connectivity index (χ4n) is 2.21. The van der Waals surface area contributed by atoms with Crippen molar-refractivity contribution in [2.24, 2.45) is 5.73 Å². The van der Waals surface area contributed by atoms with E-state index in [1.165, 1.54) is 5.56 Å². The number of hydrogen-bond donors (Lipinski definition) is 1. The van der Waals surface area contributed by atoms with Crippen molar-refractivity contribution in [1.29, 1.82) is 0 Å². The summed E-state index contributed by atoms with van der Waals surface area (Å²) >= 11 is 3.51. The zero-order chi connectivity index (χ0) is 10.8. The maximum atomic E-state index is 6.02. The van der Waals surface area contributed by atoms with Gasteiger partial charge in [0.15, 0.2) is 0 Å². The summed E-state index contributed by atoms with van der Waals surface area (Å²) in [4.78, 5) is 2.39. The first kappa shape index (κ1) is 11.1. The Morgan fingerprint density at radius 3 is 3.00 bits per heavy atom. The van der Waals surface area contributed by atoms with E-state index in [-0.39, 0.29) is 0 Å². The highest BCUT2D eigenvalue weighted by molar-refractivity contribution is 9.10. The standard InChI is InChI=1S/C12H17BrN2/c1-15-6-5-11(14)8-12(15)9-3-2-4-10(13)7-9/h2-4,7,11-12H,5-6,8,14H2,1H3. The summed E-state index contributed by atoms with van der Waals surface area (Å²) in [6, 6.07) is 9.36. The lowest BCUT2D eigenvalue weighted by Crippen LogP contribution is -2.39. The van der Waals surface area contributed by atoms with Crippen LogP contribution in [0.5, 0.6) is 0 Å². The molecule has 1 heterocycles. The summed E-state index contributed by atoms with van der Waals surface area (Å²) in [5.41, 5.74) is 7.39. The van der Waals surface area contributed by atoms with Crippen LogP contribution in [0.25, 0.3) is 0 Å². The van der Waals surface area contributed by atoms with E-state index in [1.54, 1.807) is 0 Å². The molecule has 0 aliphatic carbocycles. The fraction of sp³-hybridized carbons (Fsp3) is 0.500. The van der Waals surface area contributed by atoms with Crippen molar-refractivity contribution in [3.63, 3.8) is 0 Å². The topological polar surface area (TPSA) is 29.3 Å². The highest BCUT2D eigenvalue weighted by Gasteiger charge is 2.24. The van der Waals surface area contributed by atoms with Gasteiger partial charge in [-0.1, -0.05) is 28.1 Å². The SMILES string of the molecule is CN1CCC(N)CC1c1cccc(Br)c1. The van der Waals surface area contributed by atoms with Gasteiger partial charge in [-0.25, -0.2) is 0 Å². The Hall–Kier alpha value is -0.380. The summed E-state index contributed by atoms with van der Waals surface area (Å²) in [5, 5.41) is 0. The molecule has 1 aliphatic heterocycles. The molecular formula is C12H17BrN2. The van der Waals surface area contributed by atoms with Gasteiger partial charge >= 0.3 is 0 Å². The van der Waals surface area contributed by atoms with E-state index in [0.29, 0.717) is 12.1 Å². The van der Waals surface area contributed by atoms with E-state index in [2.05, 4.69) is 52.1 Å². The van der Waals surface area contributed by atoms with Gasteiger partial charge < -0.3 is 5.73 Å². The Balaban J connectivity index is 2.21. The summed E-state index contributed by atoms with van der Waals surface area (Å²) in [5.74, 6) is 0. The maximum absolute atomic E-state index is 6.02. The van der Waals surface area contributed by atoms with Crippen LogP contribution in [0, 0.1) is 0 Å². The van der Waals surface area contributed by atoms with E-state index in [4.69, 9.17) is 5.73 Å². The maximum Gasteiger partial charge on any atom is 0.0360 e. The second-order valence-electron chi connectivity index (χ2n) is 4.34. The van der Waals surface area contributed by atoms with Gasteiger partial charge in [0.1, 0.15) is 0 Å². The van der Waals surface area contributed by atoms with Crippen molar-refractivity contribution in [3.05, 3.63) is 34.3 Å². The van der Waals surface area contributed by atoms with Crippen LogP contribution in [0.2, 0.25) is 0 Å². The fourth-order valence-corrected chi connectivity index (χ4v) is 2.63. The second-order valence-corrected chi connectivity index (χ2v) is 5.25. The molecule has 2 N–H and O–H groups in total. The lowest BCUT2D eigenvalue weighted by Gasteiger charge is -2.36. The van der Waals surface area contributed by atoms with Crippen LogP contribution in [0.1, 0.15) is 24.4 Å². The third kappa shape index (κ3) is 2.60. The first-order valence-electron chi connectivity index (χ1n) is 5.38. The summed E-state index contributed by atoms with van der Waals surface area (Å²) in [6.07, 6.45) is 2.17. The van der Waals surface area contributed by atoms with Gasteiger partial charge in [-0.15, -0.1) is 0 Å². The van der Waals surface area contributed by atoms with Crippen molar-refractivity contribution >= 4 is 15.9 Å².